The lowest BCUT2D eigenvalue weighted by Gasteiger charge is -2.49. The zero-order chi connectivity index (χ0) is 11.7. The summed E-state index contributed by atoms with van der Waals surface area (Å²) in [6, 6.07) is 9.17. The number of aryl methyl sites for hydroxylation is 1. The molecule has 1 nitrogen and oxygen atoms in total. The summed E-state index contributed by atoms with van der Waals surface area (Å²) in [6.45, 7) is 3.41. The molecule has 1 saturated heterocycles. The summed E-state index contributed by atoms with van der Waals surface area (Å²) in [5.41, 5.74) is 3.25. The van der Waals surface area contributed by atoms with Crippen molar-refractivity contribution >= 4 is 0 Å². The van der Waals surface area contributed by atoms with E-state index in [4.69, 9.17) is 0 Å². The maximum absolute atomic E-state index is 3.88. The Morgan fingerprint density at radius 1 is 1.18 bits per heavy atom. The highest BCUT2D eigenvalue weighted by Gasteiger charge is 2.43. The molecule has 1 aliphatic heterocycles. The summed E-state index contributed by atoms with van der Waals surface area (Å²) >= 11 is 0. The highest BCUT2D eigenvalue weighted by atomic mass is 15.0. The zero-order valence-electron chi connectivity index (χ0n) is 10.8. The third-order valence-electron chi connectivity index (χ3n) is 4.77. The first-order valence-corrected chi connectivity index (χ1v) is 7.13. The van der Waals surface area contributed by atoms with Crippen molar-refractivity contribution in [3.63, 3.8) is 0 Å². The number of hydrogen-bond donors (Lipinski definition) is 1. The topological polar surface area (TPSA) is 12.0 Å². The first-order valence-electron chi connectivity index (χ1n) is 7.13. The molecule has 2 aliphatic rings. The zero-order valence-corrected chi connectivity index (χ0v) is 10.8. The third-order valence-corrected chi connectivity index (χ3v) is 4.77. The minimum Gasteiger partial charge on any atom is -0.307 e. The van der Waals surface area contributed by atoms with E-state index < -0.39 is 0 Å². The molecule has 2 unspecified atom stereocenters. The second-order valence-electron chi connectivity index (χ2n) is 5.85. The van der Waals surface area contributed by atoms with Crippen LogP contribution in [0, 0.1) is 12.8 Å². The van der Waals surface area contributed by atoms with Crippen LogP contribution >= 0.6 is 0 Å². The molecule has 92 valence electrons. The van der Waals surface area contributed by atoms with Gasteiger partial charge in [-0.1, -0.05) is 42.7 Å². The molecule has 1 aliphatic carbocycles. The number of piperidine rings is 1. The average molecular weight is 229 g/mol. The Kier molecular flexibility index (Phi) is 2.96. The molecule has 0 amide bonds. The van der Waals surface area contributed by atoms with Crippen LogP contribution in [-0.2, 0) is 5.54 Å². The van der Waals surface area contributed by atoms with Crippen LogP contribution in [0.1, 0.15) is 49.7 Å². The predicted octanol–water partition coefficient (Wildman–Crippen LogP) is 3.76. The molecule has 0 aromatic heterocycles. The molecular weight excluding hydrogens is 206 g/mol. The van der Waals surface area contributed by atoms with Crippen LogP contribution in [0.25, 0.3) is 0 Å². The van der Waals surface area contributed by atoms with E-state index in [2.05, 4.69) is 36.5 Å². The van der Waals surface area contributed by atoms with E-state index in [-0.39, 0.29) is 0 Å². The Morgan fingerprint density at radius 2 is 2.06 bits per heavy atom. The number of rotatable bonds is 1. The summed E-state index contributed by atoms with van der Waals surface area (Å²) in [5, 5.41) is 3.88. The highest BCUT2D eigenvalue weighted by Crippen LogP contribution is 2.45. The van der Waals surface area contributed by atoms with Gasteiger partial charge in [0.2, 0.25) is 0 Å². The lowest BCUT2D eigenvalue weighted by atomic mass is 9.65. The summed E-state index contributed by atoms with van der Waals surface area (Å²) in [6.07, 6.45) is 8.35. The van der Waals surface area contributed by atoms with Gasteiger partial charge >= 0.3 is 0 Å². The molecule has 1 saturated carbocycles. The molecule has 17 heavy (non-hydrogen) atoms. The van der Waals surface area contributed by atoms with Crippen LogP contribution in [0.3, 0.4) is 0 Å². The van der Waals surface area contributed by atoms with E-state index in [1.54, 1.807) is 5.56 Å². The molecule has 1 aromatic carbocycles. The standard InChI is InChI=1S/C16H23N/c1-13-6-4-8-15(12-13)16-10-3-2-7-14(16)9-5-11-17-16/h4,6,8,12,14,17H,2-3,5,7,9-11H2,1H3. The number of nitrogens with one attached hydrogen (secondary N) is 1. The van der Waals surface area contributed by atoms with Gasteiger partial charge in [-0.05, 0) is 50.6 Å². The van der Waals surface area contributed by atoms with Crippen molar-refractivity contribution in [2.24, 2.45) is 5.92 Å². The first kappa shape index (κ1) is 11.3. The fourth-order valence-electron chi connectivity index (χ4n) is 3.93. The fraction of sp³-hybridized carbons (Fsp3) is 0.625. The van der Waals surface area contributed by atoms with Crippen molar-refractivity contribution in [1.82, 2.24) is 5.32 Å². The Balaban J connectivity index is 2.00. The number of benzene rings is 1. The third kappa shape index (κ3) is 1.91. The van der Waals surface area contributed by atoms with Crippen LogP contribution < -0.4 is 5.32 Å². The van der Waals surface area contributed by atoms with Gasteiger partial charge in [0.05, 0.1) is 0 Å². The summed E-state index contributed by atoms with van der Waals surface area (Å²) in [7, 11) is 0. The maximum atomic E-state index is 3.88. The quantitative estimate of drug-likeness (QED) is 0.773. The van der Waals surface area contributed by atoms with E-state index in [9.17, 15) is 0 Å². The average Bonchev–Trinajstić information content (AvgIpc) is 2.39. The van der Waals surface area contributed by atoms with Crippen LogP contribution in [0.4, 0.5) is 0 Å². The van der Waals surface area contributed by atoms with Gasteiger partial charge in [0.15, 0.2) is 0 Å². The Labute approximate surface area is 105 Å². The predicted molar refractivity (Wildman–Crippen MR) is 72.1 cm³/mol. The Bertz CT molecular complexity index is 384. The van der Waals surface area contributed by atoms with Gasteiger partial charge in [-0.2, -0.15) is 0 Å². The molecule has 1 aromatic rings. The van der Waals surface area contributed by atoms with Crippen LogP contribution in [0.2, 0.25) is 0 Å². The summed E-state index contributed by atoms with van der Waals surface area (Å²) in [4.78, 5) is 0. The molecule has 0 spiro atoms. The molecule has 1 heteroatoms. The lowest BCUT2D eigenvalue weighted by Crippen LogP contribution is -2.53. The van der Waals surface area contributed by atoms with Crippen LogP contribution in [-0.4, -0.2) is 6.54 Å². The Hall–Kier alpha value is -0.820. The monoisotopic (exact) mass is 229 g/mol. The second-order valence-corrected chi connectivity index (χ2v) is 5.85. The second kappa shape index (κ2) is 4.45. The molecule has 0 radical (unpaired) electrons. The lowest BCUT2D eigenvalue weighted by molar-refractivity contribution is 0.101. The van der Waals surface area contributed by atoms with Crippen LogP contribution in [0.5, 0.6) is 0 Å². The minimum absolute atomic E-state index is 0.308. The van der Waals surface area contributed by atoms with Gasteiger partial charge in [0.1, 0.15) is 0 Å². The van der Waals surface area contributed by atoms with Crippen LogP contribution in [0.15, 0.2) is 24.3 Å². The van der Waals surface area contributed by atoms with E-state index >= 15 is 0 Å². The van der Waals surface area contributed by atoms with Gasteiger partial charge in [-0.25, -0.2) is 0 Å². The van der Waals surface area contributed by atoms with Gasteiger partial charge < -0.3 is 5.32 Å². The molecule has 0 bridgehead atoms. The molecule has 2 fully saturated rings. The first-order chi connectivity index (χ1) is 8.31. The molecule has 2 atom stereocenters. The van der Waals surface area contributed by atoms with E-state index in [1.165, 1.54) is 50.6 Å². The SMILES string of the molecule is Cc1cccc(C23CCCCC2CCCN3)c1. The Morgan fingerprint density at radius 3 is 2.94 bits per heavy atom. The molecule has 3 rings (SSSR count). The van der Waals surface area contributed by atoms with Crippen molar-refractivity contribution in [3.8, 4) is 0 Å². The van der Waals surface area contributed by atoms with Crippen molar-refractivity contribution < 1.29 is 0 Å². The van der Waals surface area contributed by atoms with Gasteiger partial charge in [-0.3, -0.25) is 0 Å². The smallest absolute Gasteiger partial charge is 0.0463 e. The largest absolute Gasteiger partial charge is 0.307 e. The number of hydrogen-bond acceptors (Lipinski definition) is 1. The molecular formula is C16H23N. The van der Waals surface area contributed by atoms with E-state index in [0.29, 0.717) is 5.54 Å². The van der Waals surface area contributed by atoms with Crippen molar-refractivity contribution in [3.05, 3.63) is 35.4 Å². The number of fused-ring (bicyclic) bond motifs is 1. The maximum Gasteiger partial charge on any atom is 0.0463 e. The van der Waals surface area contributed by atoms with E-state index in [0.717, 1.165) is 5.92 Å². The molecule has 1 N–H and O–H groups in total. The summed E-state index contributed by atoms with van der Waals surface area (Å²) in [5.74, 6) is 0.867. The van der Waals surface area contributed by atoms with E-state index in [1.807, 2.05) is 0 Å². The van der Waals surface area contributed by atoms with Crippen molar-refractivity contribution in [1.29, 1.82) is 0 Å². The van der Waals surface area contributed by atoms with Crippen molar-refractivity contribution in [2.45, 2.75) is 51.0 Å². The molecule has 1 heterocycles. The van der Waals surface area contributed by atoms with Gasteiger partial charge in [-0.15, -0.1) is 0 Å². The van der Waals surface area contributed by atoms with Gasteiger partial charge in [0.25, 0.3) is 0 Å². The van der Waals surface area contributed by atoms with Gasteiger partial charge in [0, 0.05) is 5.54 Å². The highest BCUT2D eigenvalue weighted by molar-refractivity contribution is 5.31. The van der Waals surface area contributed by atoms with Crippen molar-refractivity contribution in [2.75, 3.05) is 6.54 Å². The fourth-order valence-corrected chi connectivity index (χ4v) is 3.93. The minimum atomic E-state index is 0.308. The summed E-state index contributed by atoms with van der Waals surface area (Å²) < 4.78 is 0. The normalized spacial score (nSPS) is 33.1.